The molecule has 2 aliphatic rings. The summed E-state index contributed by atoms with van der Waals surface area (Å²) < 4.78 is 65.1. The summed E-state index contributed by atoms with van der Waals surface area (Å²) in [6.45, 7) is -0.105. The van der Waals surface area contributed by atoms with E-state index in [0.717, 1.165) is 6.42 Å². The molecule has 0 spiro atoms. The summed E-state index contributed by atoms with van der Waals surface area (Å²) in [6, 6.07) is 13.4. The van der Waals surface area contributed by atoms with Crippen LogP contribution in [0.15, 0.2) is 59.0 Å². The number of aromatic amines is 2. The molecule has 1 unspecified atom stereocenters. The van der Waals surface area contributed by atoms with Crippen molar-refractivity contribution < 1.29 is 56.1 Å². The SMILES string of the molecule is COc1cccc2cc(C(=O)Nc3ccc4[nH]c(C(=O)N5CCc6c5cc(OC(=O)N5CCCCC5CO)c5[nH]c(C(F)(F)F)c(C(=O)OCCl)c65)cc4c3)oc12. The highest BCUT2D eigenvalue weighted by molar-refractivity contribution is 6.19. The molecule has 0 bridgehead atoms. The molecule has 0 radical (unpaired) electrons. The standard InChI is InChI=1S/C39H33ClF3N5O9/c1-54-27-7-4-5-19-15-29(56-33(19)27)35(50)44-21-8-9-24-20(13-21)14-25(45-24)36(51)48-12-10-23-26(48)16-28(57-38(53)47-11-3-2-6-22(47)17-49)32-30(23)31(37(52)55-18-40)34(46-32)39(41,42)43/h4-5,7-9,13-16,22,45-46,49H,2-3,6,10-12,17-18H2,1H3,(H,44,50). The quantitative estimate of drug-likeness (QED) is 0.0891. The number of nitrogens with one attached hydrogen (secondary N) is 3. The average Bonchev–Trinajstić information content (AvgIpc) is 4.00. The number of rotatable bonds is 8. The first-order valence-electron chi connectivity index (χ1n) is 17.8. The van der Waals surface area contributed by atoms with Gasteiger partial charge in [0, 0.05) is 46.5 Å². The van der Waals surface area contributed by atoms with Gasteiger partial charge >= 0.3 is 18.2 Å². The van der Waals surface area contributed by atoms with Crippen molar-refractivity contribution in [3.05, 3.63) is 82.9 Å². The molecule has 0 saturated carbocycles. The van der Waals surface area contributed by atoms with E-state index in [0.29, 0.717) is 46.2 Å². The van der Waals surface area contributed by atoms with Gasteiger partial charge in [-0.3, -0.25) is 9.59 Å². The van der Waals surface area contributed by atoms with Crippen LogP contribution in [0.2, 0.25) is 0 Å². The molecular weight excluding hydrogens is 775 g/mol. The van der Waals surface area contributed by atoms with Crippen molar-refractivity contribution in [3.63, 3.8) is 0 Å². The smallest absolute Gasteiger partial charge is 0.432 e. The highest BCUT2D eigenvalue weighted by Gasteiger charge is 2.43. The number of piperidine rings is 1. The summed E-state index contributed by atoms with van der Waals surface area (Å²) in [5.74, 6) is -2.30. The predicted octanol–water partition coefficient (Wildman–Crippen LogP) is 7.58. The van der Waals surface area contributed by atoms with Gasteiger partial charge in [-0.2, -0.15) is 13.2 Å². The molecule has 3 aromatic carbocycles. The van der Waals surface area contributed by atoms with Gasteiger partial charge in [-0.15, -0.1) is 0 Å². The van der Waals surface area contributed by atoms with Gasteiger partial charge in [-0.05, 0) is 67.6 Å². The fraction of sp³-hybridized carbons (Fsp3) is 0.282. The van der Waals surface area contributed by atoms with Crippen LogP contribution in [0.1, 0.15) is 61.9 Å². The Labute approximate surface area is 325 Å². The molecule has 1 fully saturated rings. The van der Waals surface area contributed by atoms with E-state index in [2.05, 4.69) is 15.3 Å². The van der Waals surface area contributed by atoms with Crippen LogP contribution in [0.3, 0.4) is 0 Å². The van der Waals surface area contributed by atoms with Crippen LogP contribution in [0, 0.1) is 0 Å². The molecule has 2 aliphatic heterocycles. The first-order valence-corrected chi connectivity index (χ1v) is 18.4. The Balaban J connectivity index is 1.14. The fourth-order valence-corrected chi connectivity index (χ4v) is 7.72. The largest absolute Gasteiger partial charge is 0.493 e. The summed E-state index contributed by atoms with van der Waals surface area (Å²) in [6.07, 6.45) is -4.08. The van der Waals surface area contributed by atoms with E-state index in [4.69, 9.17) is 30.2 Å². The molecule has 296 valence electrons. The minimum absolute atomic E-state index is 0.00510. The maximum atomic E-state index is 14.5. The Morgan fingerprint density at radius 1 is 1.02 bits per heavy atom. The molecule has 57 heavy (non-hydrogen) atoms. The number of aliphatic hydroxyl groups is 1. The molecule has 1 saturated heterocycles. The number of H-pyrrole nitrogens is 2. The van der Waals surface area contributed by atoms with E-state index in [1.807, 2.05) is 0 Å². The number of anilines is 2. The molecule has 0 aliphatic carbocycles. The molecule has 6 aromatic rings. The molecule has 3 amide bonds. The number of esters is 1. The van der Waals surface area contributed by atoms with Crippen molar-refractivity contribution in [1.82, 2.24) is 14.9 Å². The normalized spacial score (nSPS) is 15.6. The number of benzene rings is 3. The van der Waals surface area contributed by atoms with E-state index >= 15 is 0 Å². The number of nitrogens with zero attached hydrogens (tertiary/aromatic N) is 2. The Morgan fingerprint density at radius 3 is 2.60 bits per heavy atom. The Bertz CT molecular complexity index is 2600. The number of methoxy groups -OCH3 is 1. The summed E-state index contributed by atoms with van der Waals surface area (Å²) in [5, 5.41) is 13.7. The van der Waals surface area contributed by atoms with Crippen LogP contribution < -0.4 is 19.7 Å². The van der Waals surface area contributed by atoms with Gasteiger partial charge < -0.3 is 48.8 Å². The lowest BCUT2D eigenvalue weighted by atomic mass is 10.0. The van der Waals surface area contributed by atoms with Crippen molar-refractivity contribution in [2.75, 3.05) is 43.1 Å². The van der Waals surface area contributed by atoms with Crippen LogP contribution in [0.5, 0.6) is 11.5 Å². The zero-order valence-corrected chi connectivity index (χ0v) is 30.8. The number of likely N-dealkylation sites (tertiary alicyclic amines) is 1. The molecule has 4 N–H and O–H groups in total. The highest BCUT2D eigenvalue weighted by Crippen LogP contribution is 2.46. The number of para-hydroxylation sites is 1. The molecule has 14 nitrogen and oxygen atoms in total. The van der Waals surface area contributed by atoms with Gasteiger partial charge in [-0.25, -0.2) is 9.59 Å². The van der Waals surface area contributed by atoms with Crippen molar-refractivity contribution in [2.45, 2.75) is 37.9 Å². The van der Waals surface area contributed by atoms with Gasteiger partial charge in [-0.1, -0.05) is 23.7 Å². The number of aromatic nitrogens is 2. The van der Waals surface area contributed by atoms with Crippen LogP contribution in [0.4, 0.5) is 29.3 Å². The highest BCUT2D eigenvalue weighted by atomic mass is 35.5. The van der Waals surface area contributed by atoms with E-state index in [1.165, 1.54) is 23.0 Å². The third-order valence-corrected chi connectivity index (χ3v) is 10.4. The minimum atomic E-state index is -5.07. The van der Waals surface area contributed by atoms with Crippen LogP contribution >= 0.6 is 11.6 Å². The maximum Gasteiger partial charge on any atom is 0.432 e. The second-order valence-corrected chi connectivity index (χ2v) is 13.8. The number of hydrogen-bond acceptors (Lipinski definition) is 9. The molecule has 18 heteroatoms. The number of halogens is 4. The number of fused-ring (bicyclic) bond motifs is 5. The molecular formula is C39H33ClF3N5O9. The lowest BCUT2D eigenvalue weighted by Gasteiger charge is -2.33. The van der Waals surface area contributed by atoms with Gasteiger partial charge in [0.2, 0.25) is 0 Å². The summed E-state index contributed by atoms with van der Waals surface area (Å²) >= 11 is 5.60. The number of furan rings is 1. The van der Waals surface area contributed by atoms with E-state index in [1.54, 1.807) is 48.5 Å². The summed E-state index contributed by atoms with van der Waals surface area (Å²) in [7, 11) is 1.50. The number of hydrogen-bond donors (Lipinski definition) is 4. The predicted molar refractivity (Wildman–Crippen MR) is 201 cm³/mol. The molecule has 3 aromatic heterocycles. The Kier molecular flexibility index (Phi) is 9.73. The first-order chi connectivity index (χ1) is 27.4. The number of carbonyl (C=O) groups is 4. The second-order valence-electron chi connectivity index (χ2n) is 13.6. The number of alkyl halides is 4. The topological polar surface area (TPSA) is 179 Å². The Morgan fingerprint density at radius 2 is 1.84 bits per heavy atom. The zero-order valence-electron chi connectivity index (χ0n) is 30.0. The van der Waals surface area contributed by atoms with Crippen molar-refractivity contribution in [1.29, 1.82) is 0 Å². The first kappa shape index (κ1) is 37.7. The second kappa shape index (κ2) is 14.7. The molecule has 5 heterocycles. The van der Waals surface area contributed by atoms with Crippen molar-refractivity contribution in [3.8, 4) is 11.5 Å². The number of ether oxygens (including phenoxy) is 3. The Hall–Kier alpha value is -6.20. The van der Waals surface area contributed by atoms with Crippen molar-refractivity contribution in [2.24, 2.45) is 0 Å². The van der Waals surface area contributed by atoms with E-state index in [-0.39, 0.29) is 65.5 Å². The molecule has 8 rings (SSSR count). The number of amides is 3. The van der Waals surface area contributed by atoms with Crippen LogP contribution in [0.25, 0.3) is 32.8 Å². The fourth-order valence-electron chi connectivity index (χ4n) is 7.62. The van der Waals surface area contributed by atoms with Crippen LogP contribution in [-0.2, 0) is 17.3 Å². The van der Waals surface area contributed by atoms with Gasteiger partial charge in [0.1, 0.15) is 11.4 Å². The number of carbonyl (C=O) groups excluding carboxylic acids is 4. The zero-order chi connectivity index (χ0) is 40.2. The number of aliphatic hydroxyl groups excluding tert-OH is 1. The van der Waals surface area contributed by atoms with Crippen molar-refractivity contribution >= 4 is 79.6 Å². The third kappa shape index (κ3) is 6.75. The van der Waals surface area contributed by atoms with Gasteiger partial charge in [0.25, 0.3) is 11.8 Å². The van der Waals surface area contributed by atoms with E-state index in [9.17, 15) is 37.5 Å². The summed E-state index contributed by atoms with van der Waals surface area (Å²) in [5.41, 5.74) is -0.815. The lowest BCUT2D eigenvalue weighted by Crippen LogP contribution is -2.46. The average molecular weight is 808 g/mol. The van der Waals surface area contributed by atoms with Crippen LogP contribution in [-0.4, -0.2) is 82.8 Å². The van der Waals surface area contributed by atoms with E-state index < -0.39 is 53.4 Å². The third-order valence-electron chi connectivity index (χ3n) is 10.3. The van der Waals surface area contributed by atoms with Gasteiger partial charge in [0.15, 0.2) is 28.9 Å². The maximum absolute atomic E-state index is 14.5. The monoisotopic (exact) mass is 807 g/mol. The summed E-state index contributed by atoms with van der Waals surface area (Å²) in [4.78, 5) is 61.9. The van der Waals surface area contributed by atoms with Gasteiger partial charge in [0.05, 0.1) is 36.5 Å². The minimum Gasteiger partial charge on any atom is -0.493 e. The molecule has 1 atom stereocenters. The lowest BCUT2D eigenvalue weighted by molar-refractivity contribution is -0.141.